The van der Waals surface area contributed by atoms with Crippen LogP contribution in [-0.4, -0.2) is 35.6 Å². The normalized spacial score (nSPS) is 11.5. The van der Waals surface area contributed by atoms with Gasteiger partial charge >= 0.3 is 5.97 Å². The van der Waals surface area contributed by atoms with Crippen LogP contribution in [0.4, 0.5) is 0 Å². The van der Waals surface area contributed by atoms with E-state index in [1.54, 1.807) is 11.8 Å². The van der Waals surface area contributed by atoms with Crippen LogP contribution >= 0.6 is 11.8 Å². The molecule has 0 radical (unpaired) electrons. The van der Waals surface area contributed by atoms with E-state index in [4.69, 9.17) is 10.1 Å². The quantitative estimate of drug-likeness (QED) is 0.342. The number of hydrogen-bond acceptors (Lipinski definition) is 4. The van der Waals surface area contributed by atoms with E-state index in [0.29, 0.717) is 6.42 Å². The van der Waals surface area contributed by atoms with Gasteiger partial charge in [-0.05, 0) is 56.2 Å². The van der Waals surface area contributed by atoms with Crippen LogP contribution in [0, 0.1) is 13.8 Å². The Labute approximate surface area is 173 Å². The lowest BCUT2D eigenvalue weighted by molar-refractivity contribution is -0.137. The van der Waals surface area contributed by atoms with Gasteiger partial charge in [0, 0.05) is 36.6 Å². The fraction of sp³-hybridized carbons (Fsp3) is 0.318. The van der Waals surface area contributed by atoms with Gasteiger partial charge in [-0.2, -0.15) is 0 Å². The molecule has 0 fully saturated rings. The molecular formula is C22H24N4O2S. The number of nitrogens with zero attached hydrogens (tertiary/aromatic N) is 4. The number of hydrogen-bond donors (Lipinski definition) is 1. The number of carboxylic acid groups (broad SMARTS) is 1. The maximum Gasteiger partial charge on any atom is 0.303 e. The molecule has 4 rings (SSSR count). The van der Waals surface area contributed by atoms with Crippen LogP contribution in [0.1, 0.15) is 41.9 Å². The second kappa shape index (κ2) is 8.29. The van der Waals surface area contributed by atoms with Crippen LogP contribution in [-0.2, 0) is 11.2 Å². The van der Waals surface area contributed by atoms with E-state index in [0.717, 1.165) is 52.0 Å². The summed E-state index contributed by atoms with van der Waals surface area (Å²) in [5, 5.41) is 9.83. The van der Waals surface area contributed by atoms with E-state index in [9.17, 15) is 4.79 Å². The SMILES string of the molecule is Cc1ccc2nc(SCCCCC(=O)O)c(Cc3cnc4cccc(C)n34)n2c1. The number of carboxylic acids is 1. The molecule has 0 bridgehead atoms. The third-order valence-electron chi connectivity index (χ3n) is 5.00. The summed E-state index contributed by atoms with van der Waals surface area (Å²) in [6.45, 7) is 4.18. The number of aryl methyl sites for hydroxylation is 2. The largest absolute Gasteiger partial charge is 0.481 e. The standard InChI is InChI=1S/C22H24N4O2S/c1-15-9-10-20-24-22(29-11-4-3-8-21(27)28)18(25(20)14-15)12-17-13-23-19-7-5-6-16(2)26(17)19/h5-7,9-10,13-14H,3-4,8,11-12H2,1-2H3,(H,27,28). The van der Waals surface area contributed by atoms with Crippen LogP contribution < -0.4 is 0 Å². The second-order valence-electron chi connectivity index (χ2n) is 7.28. The minimum absolute atomic E-state index is 0.221. The molecule has 0 aromatic carbocycles. The smallest absolute Gasteiger partial charge is 0.303 e. The first kappa shape index (κ1) is 19.5. The van der Waals surface area contributed by atoms with Crippen molar-refractivity contribution in [3.8, 4) is 0 Å². The molecule has 0 unspecified atom stereocenters. The van der Waals surface area contributed by atoms with Crippen LogP contribution in [0.5, 0.6) is 0 Å². The Morgan fingerprint density at radius 1 is 1.14 bits per heavy atom. The van der Waals surface area contributed by atoms with E-state index in [2.05, 4.69) is 46.0 Å². The van der Waals surface area contributed by atoms with Gasteiger partial charge in [-0.25, -0.2) is 9.97 Å². The third kappa shape index (κ3) is 4.15. The van der Waals surface area contributed by atoms with Gasteiger partial charge in [-0.1, -0.05) is 12.1 Å². The number of aliphatic carboxylic acids is 1. The van der Waals surface area contributed by atoms with Crippen LogP contribution in [0.3, 0.4) is 0 Å². The maximum atomic E-state index is 10.7. The first-order valence-electron chi connectivity index (χ1n) is 9.77. The minimum Gasteiger partial charge on any atom is -0.481 e. The summed E-state index contributed by atoms with van der Waals surface area (Å²) in [6.07, 6.45) is 6.57. The Bertz CT molecular complexity index is 1180. The van der Waals surface area contributed by atoms with Crippen molar-refractivity contribution in [2.24, 2.45) is 0 Å². The molecule has 0 aliphatic carbocycles. The van der Waals surface area contributed by atoms with Crippen molar-refractivity contribution in [1.29, 1.82) is 0 Å². The molecule has 0 aliphatic heterocycles. The van der Waals surface area contributed by atoms with Crippen molar-refractivity contribution in [2.75, 3.05) is 5.75 Å². The van der Waals surface area contributed by atoms with Crippen molar-refractivity contribution in [3.05, 3.63) is 65.4 Å². The van der Waals surface area contributed by atoms with Gasteiger partial charge in [-0.15, -0.1) is 11.8 Å². The summed E-state index contributed by atoms with van der Waals surface area (Å²) in [5.41, 5.74) is 6.51. The van der Waals surface area contributed by atoms with Crippen LogP contribution in [0.15, 0.2) is 47.8 Å². The molecule has 4 heterocycles. The summed E-state index contributed by atoms with van der Waals surface area (Å²) in [6, 6.07) is 10.3. The highest BCUT2D eigenvalue weighted by molar-refractivity contribution is 7.99. The molecule has 4 aromatic rings. The van der Waals surface area contributed by atoms with E-state index in [1.807, 2.05) is 24.4 Å². The number of fused-ring (bicyclic) bond motifs is 2. The molecule has 1 N–H and O–H groups in total. The van der Waals surface area contributed by atoms with Gasteiger partial charge in [0.25, 0.3) is 0 Å². The van der Waals surface area contributed by atoms with Crippen molar-refractivity contribution in [3.63, 3.8) is 0 Å². The molecular weight excluding hydrogens is 384 g/mol. The van der Waals surface area contributed by atoms with Gasteiger partial charge in [0.15, 0.2) is 0 Å². The molecule has 0 saturated heterocycles. The molecule has 0 spiro atoms. The lowest BCUT2D eigenvalue weighted by atomic mass is 10.2. The fourth-order valence-electron chi connectivity index (χ4n) is 3.57. The molecule has 0 aliphatic rings. The van der Waals surface area contributed by atoms with Crippen molar-refractivity contribution < 1.29 is 9.90 Å². The number of rotatable bonds is 8. The lowest BCUT2D eigenvalue weighted by Gasteiger charge is -2.08. The average molecular weight is 409 g/mol. The monoisotopic (exact) mass is 408 g/mol. The first-order chi connectivity index (χ1) is 14.0. The first-order valence-corrected chi connectivity index (χ1v) is 10.8. The van der Waals surface area contributed by atoms with Crippen molar-refractivity contribution in [1.82, 2.24) is 18.8 Å². The minimum atomic E-state index is -0.734. The molecule has 0 amide bonds. The van der Waals surface area contributed by atoms with Crippen molar-refractivity contribution >= 4 is 29.0 Å². The lowest BCUT2D eigenvalue weighted by Crippen LogP contribution is -2.02. The maximum absolute atomic E-state index is 10.7. The molecule has 150 valence electrons. The summed E-state index contributed by atoms with van der Waals surface area (Å²) in [7, 11) is 0. The zero-order chi connectivity index (χ0) is 20.4. The third-order valence-corrected chi connectivity index (χ3v) is 6.09. The van der Waals surface area contributed by atoms with Crippen molar-refractivity contribution in [2.45, 2.75) is 44.6 Å². The van der Waals surface area contributed by atoms with Gasteiger partial charge in [-0.3, -0.25) is 4.79 Å². The van der Waals surface area contributed by atoms with E-state index < -0.39 is 5.97 Å². The van der Waals surface area contributed by atoms with Crippen LogP contribution in [0.2, 0.25) is 0 Å². The number of aromatic nitrogens is 4. The Balaban J connectivity index is 1.65. The van der Waals surface area contributed by atoms with Gasteiger partial charge in [0.1, 0.15) is 16.3 Å². The predicted octanol–water partition coefficient (Wildman–Crippen LogP) is 4.54. The van der Waals surface area contributed by atoms with Gasteiger partial charge in [0.05, 0.1) is 5.69 Å². The summed E-state index contributed by atoms with van der Waals surface area (Å²) in [4.78, 5) is 20.1. The number of pyridine rings is 2. The summed E-state index contributed by atoms with van der Waals surface area (Å²) >= 11 is 1.71. The summed E-state index contributed by atoms with van der Waals surface area (Å²) in [5.74, 6) is 0.122. The Hall–Kier alpha value is -2.80. The topological polar surface area (TPSA) is 71.9 Å². The number of thioether (sulfide) groups is 1. The Morgan fingerprint density at radius 2 is 2.00 bits per heavy atom. The number of imidazole rings is 2. The van der Waals surface area contributed by atoms with Crippen LogP contribution in [0.25, 0.3) is 11.3 Å². The second-order valence-corrected chi connectivity index (χ2v) is 8.37. The highest BCUT2D eigenvalue weighted by atomic mass is 32.2. The zero-order valence-corrected chi connectivity index (χ0v) is 17.4. The van der Waals surface area contributed by atoms with E-state index >= 15 is 0 Å². The predicted molar refractivity (Wildman–Crippen MR) is 115 cm³/mol. The molecule has 0 saturated carbocycles. The number of unbranched alkanes of at least 4 members (excludes halogenated alkanes) is 1. The van der Waals surface area contributed by atoms with Gasteiger partial charge in [0.2, 0.25) is 0 Å². The Kier molecular flexibility index (Phi) is 5.58. The Morgan fingerprint density at radius 3 is 2.83 bits per heavy atom. The molecule has 0 atom stereocenters. The molecule has 29 heavy (non-hydrogen) atoms. The summed E-state index contributed by atoms with van der Waals surface area (Å²) < 4.78 is 4.36. The molecule has 7 heteroatoms. The molecule has 4 aromatic heterocycles. The highest BCUT2D eigenvalue weighted by Gasteiger charge is 2.16. The number of carbonyl (C=O) groups is 1. The molecule has 6 nitrogen and oxygen atoms in total. The van der Waals surface area contributed by atoms with E-state index in [-0.39, 0.29) is 6.42 Å². The van der Waals surface area contributed by atoms with E-state index in [1.165, 1.54) is 5.56 Å². The van der Waals surface area contributed by atoms with Gasteiger partial charge < -0.3 is 13.9 Å². The highest BCUT2D eigenvalue weighted by Crippen LogP contribution is 2.28. The fourth-order valence-corrected chi connectivity index (χ4v) is 4.61. The average Bonchev–Trinajstić information content (AvgIpc) is 3.24. The zero-order valence-electron chi connectivity index (χ0n) is 16.6.